The molecule has 0 heterocycles. The van der Waals surface area contributed by atoms with Crippen molar-refractivity contribution >= 4 is 21.5 Å². The maximum atomic E-state index is 12.6. The fourth-order valence-corrected chi connectivity index (χ4v) is 1.03. The average molecular weight is 233 g/mol. The van der Waals surface area contributed by atoms with Crippen LogP contribution < -0.4 is 0 Å². The Labute approximate surface area is 78.0 Å². The van der Waals surface area contributed by atoms with Gasteiger partial charge in [-0.2, -0.15) is 8.78 Å². The van der Waals surface area contributed by atoms with Crippen LogP contribution in [0.15, 0.2) is 36.9 Å². The quantitative estimate of drug-likeness (QED) is 0.683. The molecule has 0 unspecified atom stereocenters. The summed E-state index contributed by atoms with van der Waals surface area (Å²) in [7, 11) is 0. The van der Waals surface area contributed by atoms with Crippen molar-refractivity contribution < 1.29 is 8.78 Å². The van der Waals surface area contributed by atoms with Gasteiger partial charge in [0, 0.05) is 5.57 Å². The first-order valence-corrected chi connectivity index (χ1v) is 4.12. The minimum Gasteiger partial charge on any atom is -0.188 e. The summed E-state index contributed by atoms with van der Waals surface area (Å²) in [5, 5.41) is 0. The molecule has 1 aromatic rings. The fraction of sp³-hybridized carbons (Fsp3) is 0.111. The van der Waals surface area contributed by atoms with E-state index in [9.17, 15) is 8.78 Å². The lowest BCUT2D eigenvalue weighted by Gasteiger charge is -2.11. The largest absolute Gasteiger partial charge is 0.326 e. The summed E-state index contributed by atoms with van der Waals surface area (Å²) in [5.74, 6) is 0. The van der Waals surface area contributed by atoms with Crippen LogP contribution in [-0.2, 0) is 0 Å². The zero-order valence-electron chi connectivity index (χ0n) is 6.23. The number of allylic oxidation sites excluding steroid dienone is 1. The van der Waals surface area contributed by atoms with Gasteiger partial charge in [0.15, 0.2) is 0 Å². The number of hydrogen-bond acceptors (Lipinski definition) is 0. The van der Waals surface area contributed by atoms with Crippen molar-refractivity contribution in [2.24, 2.45) is 0 Å². The Morgan fingerprint density at radius 1 is 1.25 bits per heavy atom. The second-order valence-corrected chi connectivity index (χ2v) is 3.34. The van der Waals surface area contributed by atoms with Crippen molar-refractivity contribution in [2.75, 3.05) is 0 Å². The van der Waals surface area contributed by atoms with E-state index < -0.39 is 4.83 Å². The lowest BCUT2D eigenvalue weighted by molar-refractivity contribution is 0.183. The third-order valence-corrected chi connectivity index (χ3v) is 1.94. The third kappa shape index (κ3) is 2.14. The van der Waals surface area contributed by atoms with E-state index in [0.717, 1.165) is 0 Å². The van der Waals surface area contributed by atoms with Crippen LogP contribution in [0.3, 0.4) is 0 Å². The van der Waals surface area contributed by atoms with E-state index in [-0.39, 0.29) is 5.57 Å². The molecule has 0 N–H and O–H groups in total. The molecule has 0 aromatic heterocycles. The van der Waals surface area contributed by atoms with Crippen LogP contribution in [0.25, 0.3) is 5.57 Å². The number of alkyl halides is 3. The van der Waals surface area contributed by atoms with Gasteiger partial charge >= 0.3 is 4.83 Å². The van der Waals surface area contributed by atoms with Crippen molar-refractivity contribution in [3.63, 3.8) is 0 Å². The minimum absolute atomic E-state index is 0.219. The predicted molar refractivity (Wildman–Crippen MR) is 49.4 cm³/mol. The normalized spacial score (nSPS) is 11.2. The van der Waals surface area contributed by atoms with E-state index in [1.807, 2.05) is 0 Å². The highest BCUT2D eigenvalue weighted by Gasteiger charge is 2.28. The molecule has 12 heavy (non-hydrogen) atoms. The van der Waals surface area contributed by atoms with E-state index >= 15 is 0 Å². The van der Waals surface area contributed by atoms with Crippen LogP contribution in [0, 0.1) is 0 Å². The Balaban J connectivity index is 2.94. The van der Waals surface area contributed by atoms with Gasteiger partial charge in [-0.1, -0.05) is 36.9 Å². The molecular weight excluding hydrogens is 226 g/mol. The monoisotopic (exact) mass is 232 g/mol. The SMILES string of the molecule is C=C(c1ccccc1)C(F)(F)Br. The van der Waals surface area contributed by atoms with Crippen molar-refractivity contribution in [1.29, 1.82) is 0 Å². The van der Waals surface area contributed by atoms with Crippen LogP contribution in [-0.4, -0.2) is 4.83 Å². The van der Waals surface area contributed by atoms with Crippen LogP contribution in [0.5, 0.6) is 0 Å². The molecule has 0 fully saturated rings. The molecule has 1 aromatic carbocycles. The second-order valence-electron chi connectivity index (χ2n) is 2.34. The number of benzene rings is 1. The predicted octanol–water partition coefficient (Wildman–Crippen LogP) is 3.69. The highest BCUT2D eigenvalue weighted by Crippen LogP contribution is 2.35. The zero-order valence-corrected chi connectivity index (χ0v) is 7.81. The molecule has 0 aliphatic heterocycles. The first-order chi connectivity index (χ1) is 5.52. The summed E-state index contributed by atoms with van der Waals surface area (Å²) in [4.78, 5) is -3.02. The molecule has 0 amide bonds. The van der Waals surface area contributed by atoms with Gasteiger partial charge in [0.25, 0.3) is 0 Å². The molecule has 0 saturated heterocycles. The first-order valence-electron chi connectivity index (χ1n) is 3.33. The summed E-state index contributed by atoms with van der Waals surface area (Å²) < 4.78 is 25.2. The fourth-order valence-electron chi connectivity index (χ4n) is 0.803. The number of hydrogen-bond donors (Lipinski definition) is 0. The topological polar surface area (TPSA) is 0 Å². The molecule has 3 heteroatoms. The molecule has 1 rings (SSSR count). The van der Waals surface area contributed by atoms with E-state index in [1.165, 1.54) is 0 Å². The van der Waals surface area contributed by atoms with Gasteiger partial charge in [0.1, 0.15) is 0 Å². The highest BCUT2D eigenvalue weighted by molar-refractivity contribution is 9.10. The average Bonchev–Trinajstić information content (AvgIpc) is 2.03. The van der Waals surface area contributed by atoms with Gasteiger partial charge in [0.2, 0.25) is 0 Å². The van der Waals surface area contributed by atoms with E-state index in [1.54, 1.807) is 30.3 Å². The number of rotatable bonds is 2. The Bertz CT molecular complexity index is 274. The zero-order chi connectivity index (χ0) is 9.19. The molecule has 0 bridgehead atoms. The van der Waals surface area contributed by atoms with Crippen LogP contribution >= 0.6 is 15.9 Å². The molecule has 0 spiro atoms. The Hall–Kier alpha value is -0.700. The Morgan fingerprint density at radius 3 is 2.17 bits per heavy atom. The summed E-state index contributed by atoms with van der Waals surface area (Å²) in [6.07, 6.45) is 0. The second kappa shape index (κ2) is 3.35. The van der Waals surface area contributed by atoms with E-state index in [0.29, 0.717) is 5.56 Å². The summed E-state index contributed by atoms with van der Waals surface area (Å²) >= 11 is 2.25. The van der Waals surface area contributed by atoms with Crippen molar-refractivity contribution in [3.05, 3.63) is 42.5 Å². The van der Waals surface area contributed by atoms with Gasteiger partial charge in [-0.25, -0.2) is 0 Å². The van der Waals surface area contributed by atoms with Gasteiger partial charge in [0.05, 0.1) is 0 Å². The summed E-state index contributed by atoms with van der Waals surface area (Å²) in [5.41, 5.74) is 0.225. The molecule has 0 nitrogen and oxygen atoms in total. The maximum Gasteiger partial charge on any atom is 0.326 e. The van der Waals surface area contributed by atoms with Gasteiger partial charge in [-0.3, -0.25) is 0 Å². The maximum absolute atomic E-state index is 12.6. The Morgan fingerprint density at radius 2 is 1.75 bits per heavy atom. The molecular formula is C9H7BrF2. The molecule has 0 radical (unpaired) electrons. The third-order valence-electron chi connectivity index (χ3n) is 1.46. The molecule has 64 valence electrons. The van der Waals surface area contributed by atoms with Crippen molar-refractivity contribution in [3.8, 4) is 0 Å². The van der Waals surface area contributed by atoms with Crippen LogP contribution in [0.1, 0.15) is 5.56 Å². The van der Waals surface area contributed by atoms with Crippen molar-refractivity contribution in [1.82, 2.24) is 0 Å². The van der Waals surface area contributed by atoms with Crippen LogP contribution in [0.4, 0.5) is 8.78 Å². The summed E-state index contributed by atoms with van der Waals surface area (Å²) in [6, 6.07) is 8.34. The Kier molecular flexibility index (Phi) is 2.62. The van der Waals surface area contributed by atoms with Gasteiger partial charge in [-0.15, -0.1) is 0 Å². The van der Waals surface area contributed by atoms with E-state index in [2.05, 4.69) is 22.5 Å². The molecule has 0 aliphatic carbocycles. The van der Waals surface area contributed by atoms with E-state index in [4.69, 9.17) is 0 Å². The smallest absolute Gasteiger partial charge is 0.188 e. The molecule has 0 atom stereocenters. The van der Waals surface area contributed by atoms with Crippen molar-refractivity contribution in [2.45, 2.75) is 4.83 Å². The summed E-state index contributed by atoms with van der Waals surface area (Å²) in [6.45, 7) is 3.30. The minimum atomic E-state index is -3.02. The lowest BCUT2D eigenvalue weighted by atomic mass is 10.1. The standard InChI is InChI=1S/C9H7BrF2/c1-7(9(10,11)12)8-5-3-2-4-6-8/h2-6H,1H2. The molecule has 0 saturated carbocycles. The van der Waals surface area contributed by atoms with Gasteiger partial charge in [-0.05, 0) is 21.5 Å². The number of halogens is 3. The van der Waals surface area contributed by atoms with Gasteiger partial charge < -0.3 is 0 Å². The molecule has 0 aliphatic rings. The highest BCUT2D eigenvalue weighted by atomic mass is 79.9. The van der Waals surface area contributed by atoms with Crippen LogP contribution in [0.2, 0.25) is 0 Å². The lowest BCUT2D eigenvalue weighted by Crippen LogP contribution is -2.06. The first kappa shape index (κ1) is 9.39.